The second kappa shape index (κ2) is 7.55. The van der Waals surface area contributed by atoms with E-state index in [1.165, 1.54) is 0 Å². The van der Waals surface area contributed by atoms with Gasteiger partial charge in [0, 0.05) is 38.3 Å². The van der Waals surface area contributed by atoms with Gasteiger partial charge in [0.15, 0.2) is 5.65 Å². The number of aromatic nitrogens is 4. The third kappa shape index (κ3) is 3.09. The Kier molecular flexibility index (Phi) is 4.95. The summed E-state index contributed by atoms with van der Waals surface area (Å²) in [5.74, 6) is -0.0442. The maximum absolute atomic E-state index is 13.1. The van der Waals surface area contributed by atoms with Crippen molar-refractivity contribution in [1.29, 1.82) is 0 Å². The smallest absolute Gasteiger partial charge is 0.330 e. The lowest BCUT2D eigenvalue weighted by Crippen LogP contribution is -2.33. The maximum Gasteiger partial charge on any atom is 0.330 e. The number of rotatable bonds is 5. The van der Waals surface area contributed by atoms with Gasteiger partial charge in [-0.3, -0.25) is 18.9 Å². The second-order valence-electron chi connectivity index (χ2n) is 6.97. The molecule has 1 aliphatic heterocycles. The van der Waals surface area contributed by atoms with Crippen LogP contribution in [-0.2, 0) is 11.3 Å². The molecular formula is C20H23N5O3. The summed E-state index contributed by atoms with van der Waals surface area (Å²) in [6, 6.07) is 7.18. The number of hydrogen-bond donors (Lipinski definition) is 0. The molecule has 0 unspecified atom stereocenters. The first kappa shape index (κ1) is 18.4. The molecule has 1 fully saturated rings. The molecule has 4 rings (SSSR count). The van der Waals surface area contributed by atoms with E-state index in [1.807, 2.05) is 19.1 Å². The quantitative estimate of drug-likeness (QED) is 0.671. The number of imidazole rings is 1. The fourth-order valence-corrected chi connectivity index (χ4v) is 3.85. The Hall–Kier alpha value is -3.00. The van der Waals surface area contributed by atoms with Crippen LogP contribution in [-0.4, -0.2) is 56.7 Å². The minimum Gasteiger partial charge on any atom is -0.383 e. The van der Waals surface area contributed by atoms with Crippen molar-refractivity contribution in [2.24, 2.45) is 0 Å². The van der Waals surface area contributed by atoms with Crippen LogP contribution in [0, 0.1) is 6.92 Å². The van der Waals surface area contributed by atoms with Gasteiger partial charge in [0.05, 0.1) is 30.3 Å². The Morgan fingerprint density at radius 1 is 1.25 bits per heavy atom. The van der Waals surface area contributed by atoms with Gasteiger partial charge in [-0.15, -0.1) is 0 Å². The highest BCUT2D eigenvalue weighted by atomic mass is 16.5. The van der Waals surface area contributed by atoms with Crippen molar-refractivity contribution in [3.05, 3.63) is 58.4 Å². The zero-order valence-corrected chi connectivity index (χ0v) is 16.0. The van der Waals surface area contributed by atoms with E-state index >= 15 is 0 Å². The summed E-state index contributed by atoms with van der Waals surface area (Å²) >= 11 is 0. The SMILES string of the molecule is COCCn1c(=O)n([C@@H]2CCN(C(=O)c3cccnc3C)C2)c2ncccc21. The van der Waals surface area contributed by atoms with Crippen molar-refractivity contribution in [2.75, 3.05) is 26.8 Å². The number of hydrogen-bond acceptors (Lipinski definition) is 5. The van der Waals surface area contributed by atoms with Gasteiger partial charge in [0.1, 0.15) is 0 Å². The van der Waals surface area contributed by atoms with Crippen molar-refractivity contribution in [3.8, 4) is 0 Å². The third-order valence-corrected chi connectivity index (χ3v) is 5.29. The number of likely N-dealkylation sites (tertiary alicyclic amines) is 1. The van der Waals surface area contributed by atoms with Crippen molar-refractivity contribution in [1.82, 2.24) is 24.0 Å². The Labute approximate surface area is 162 Å². The van der Waals surface area contributed by atoms with Crippen molar-refractivity contribution in [2.45, 2.75) is 25.9 Å². The molecule has 0 aromatic carbocycles. The van der Waals surface area contributed by atoms with E-state index in [1.54, 1.807) is 45.7 Å². The van der Waals surface area contributed by atoms with Gasteiger partial charge < -0.3 is 9.64 Å². The summed E-state index contributed by atoms with van der Waals surface area (Å²) in [7, 11) is 1.61. The highest BCUT2D eigenvalue weighted by molar-refractivity contribution is 5.95. The number of nitrogens with zero attached hydrogens (tertiary/aromatic N) is 5. The topological polar surface area (TPSA) is 82.2 Å². The van der Waals surface area contributed by atoms with E-state index in [-0.39, 0.29) is 17.6 Å². The largest absolute Gasteiger partial charge is 0.383 e. The van der Waals surface area contributed by atoms with E-state index in [0.717, 1.165) is 5.52 Å². The lowest BCUT2D eigenvalue weighted by molar-refractivity contribution is 0.0786. The van der Waals surface area contributed by atoms with Crippen LogP contribution in [0.5, 0.6) is 0 Å². The molecule has 8 heteroatoms. The molecule has 4 heterocycles. The molecule has 28 heavy (non-hydrogen) atoms. The molecule has 3 aromatic rings. The molecule has 0 bridgehead atoms. The van der Waals surface area contributed by atoms with Gasteiger partial charge in [0.2, 0.25) is 0 Å². The highest BCUT2D eigenvalue weighted by Crippen LogP contribution is 2.25. The minimum absolute atomic E-state index is 0.0442. The van der Waals surface area contributed by atoms with Crippen LogP contribution in [0.3, 0.4) is 0 Å². The summed E-state index contributed by atoms with van der Waals surface area (Å²) < 4.78 is 8.57. The number of ether oxygens (including phenoxy) is 1. The molecule has 1 saturated heterocycles. The van der Waals surface area contributed by atoms with E-state index in [2.05, 4.69) is 9.97 Å². The average molecular weight is 381 g/mol. The second-order valence-corrected chi connectivity index (χ2v) is 6.97. The number of carbonyl (C=O) groups excluding carboxylic acids is 1. The van der Waals surface area contributed by atoms with Crippen LogP contribution in [0.2, 0.25) is 0 Å². The number of pyridine rings is 2. The Morgan fingerprint density at radius 3 is 2.82 bits per heavy atom. The maximum atomic E-state index is 13.1. The van der Waals surface area contributed by atoms with Crippen LogP contribution in [0.4, 0.5) is 0 Å². The third-order valence-electron chi connectivity index (χ3n) is 5.29. The predicted octanol–water partition coefficient (Wildman–Crippen LogP) is 1.64. The van der Waals surface area contributed by atoms with Crippen LogP contribution in [0.25, 0.3) is 11.2 Å². The molecule has 0 spiro atoms. The zero-order valence-electron chi connectivity index (χ0n) is 16.0. The highest BCUT2D eigenvalue weighted by Gasteiger charge is 2.31. The Bertz CT molecular complexity index is 1070. The van der Waals surface area contributed by atoms with E-state index in [0.29, 0.717) is 49.6 Å². The van der Waals surface area contributed by atoms with Crippen LogP contribution in [0.1, 0.15) is 28.5 Å². The normalized spacial score (nSPS) is 16.8. The summed E-state index contributed by atoms with van der Waals surface area (Å²) in [4.78, 5) is 36.4. The van der Waals surface area contributed by atoms with Crippen molar-refractivity contribution in [3.63, 3.8) is 0 Å². The Balaban J connectivity index is 1.65. The molecule has 8 nitrogen and oxygen atoms in total. The fraction of sp³-hybridized carbons (Fsp3) is 0.400. The van der Waals surface area contributed by atoms with Crippen LogP contribution < -0.4 is 5.69 Å². The summed E-state index contributed by atoms with van der Waals surface area (Å²) in [5, 5.41) is 0. The zero-order chi connectivity index (χ0) is 19.7. The number of carbonyl (C=O) groups is 1. The molecule has 1 atom stereocenters. The van der Waals surface area contributed by atoms with E-state index in [9.17, 15) is 9.59 Å². The first-order chi connectivity index (χ1) is 13.6. The number of aryl methyl sites for hydroxylation is 1. The molecular weight excluding hydrogens is 358 g/mol. The molecule has 0 radical (unpaired) electrons. The molecule has 1 amide bonds. The molecule has 146 valence electrons. The molecule has 3 aromatic heterocycles. The lowest BCUT2D eigenvalue weighted by atomic mass is 10.2. The van der Waals surface area contributed by atoms with Gasteiger partial charge in [-0.2, -0.15) is 0 Å². The molecule has 0 saturated carbocycles. The number of methoxy groups -OCH3 is 1. The van der Waals surface area contributed by atoms with Crippen molar-refractivity contribution >= 4 is 17.1 Å². The molecule has 0 aliphatic carbocycles. The van der Waals surface area contributed by atoms with Gasteiger partial charge in [-0.05, 0) is 37.6 Å². The standard InChI is InChI=1S/C20H23N5O3/c1-14-16(5-3-8-21-14)19(26)23-10-7-15(13-23)25-18-17(6-4-9-22-18)24(20(25)27)11-12-28-2/h3-6,8-9,15H,7,10-13H2,1-2H3/t15-/m1/s1. The fourth-order valence-electron chi connectivity index (χ4n) is 3.85. The summed E-state index contributed by atoms with van der Waals surface area (Å²) in [5.41, 5.74) is 2.66. The van der Waals surface area contributed by atoms with E-state index in [4.69, 9.17) is 4.74 Å². The van der Waals surface area contributed by atoms with Crippen molar-refractivity contribution < 1.29 is 9.53 Å². The monoisotopic (exact) mass is 381 g/mol. The number of fused-ring (bicyclic) bond motifs is 1. The van der Waals surface area contributed by atoms with E-state index < -0.39 is 0 Å². The molecule has 0 N–H and O–H groups in total. The van der Waals surface area contributed by atoms with Gasteiger partial charge in [-0.1, -0.05) is 0 Å². The van der Waals surface area contributed by atoms with Crippen LogP contribution >= 0.6 is 0 Å². The first-order valence-electron chi connectivity index (χ1n) is 9.37. The lowest BCUT2D eigenvalue weighted by Gasteiger charge is -2.17. The van der Waals surface area contributed by atoms with Gasteiger partial charge in [-0.25, -0.2) is 9.78 Å². The minimum atomic E-state index is -0.109. The summed E-state index contributed by atoms with van der Waals surface area (Å²) in [6.45, 7) is 3.83. The predicted molar refractivity (Wildman–Crippen MR) is 104 cm³/mol. The molecule has 1 aliphatic rings. The van der Waals surface area contributed by atoms with Gasteiger partial charge >= 0.3 is 5.69 Å². The first-order valence-corrected chi connectivity index (χ1v) is 9.37. The van der Waals surface area contributed by atoms with Crippen LogP contribution in [0.15, 0.2) is 41.5 Å². The summed E-state index contributed by atoms with van der Waals surface area (Å²) in [6.07, 6.45) is 4.08. The average Bonchev–Trinajstić information content (AvgIpc) is 3.28. The van der Waals surface area contributed by atoms with Gasteiger partial charge in [0.25, 0.3) is 5.91 Å². The Morgan fingerprint density at radius 2 is 2.04 bits per heavy atom. The number of amides is 1.